The summed E-state index contributed by atoms with van der Waals surface area (Å²) in [5.41, 5.74) is 0. The van der Waals surface area contributed by atoms with E-state index >= 15 is 0 Å². The predicted molar refractivity (Wildman–Crippen MR) is 251 cm³/mol. The van der Waals surface area contributed by atoms with E-state index in [1.54, 1.807) is 6.08 Å². The van der Waals surface area contributed by atoms with Crippen molar-refractivity contribution in [2.45, 2.75) is 194 Å². The number of carbonyl (C=O) groups excluding carboxylic acids is 3. The van der Waals surface area contributed by atoms with Gasteiger partial charge in [-0.3, -0.25) is 14.4 Å². The van der Waals surface area contributed by atoms with E-state index in [9.17, 15) is 14.4 Å². The van der Waals surface area contributed by atoms with Crippen molar-refractivity contribution < 1.29 is 28.6 Å². The standard InChI is InChI=1S/C53H84O6/c1-4-7-10-13-16-19-21-23-25-26-28-29-31-34-37-40-43-46-52(55)58-49-50(48-57-51(54)45-42-39-36-33-18-15-12-9-6-3)59-53(56)47-44-41-38-35-32-30-27-24-22-20-17-14-11-8-5-2/h8-9,11-12,14,17-18,20,22-25,27,30,32-33,39,42,50H,4-7,10,13,15-16,19,21,26,28-29,31,34-38,40-41,43-49H2,1-3H3/b11-8-,12-9-,17-14-,22-20-,25-23-,27-24-,32-30-,33-18-,42-39-. The molecule has 332 valence electrons. The van der Waals surface area contributed by atoms with Gasteiger partial charge in [0, 0.05) is 12.8 Å². The Morgan fingerprint density at radius 3 is 1.39 bits per heavy atom. The van der Waals surface area contributed by atoms with Crippen molar-refractivity contribution >= 4 is 17.9 Å². The molecule has 0 amide bonds. The first kappa shape index (κ1) is 55.1. The first-order valence-corrected chi connectivity index (χ1v) is 23.5. The molecule has 0 saturated heterocycles. The van der Waals surface area contributed by atoms with Gasteiger partial charge in [-0.05, 0) is 77.0 Å². The summed E-state index contributed by atoms with van der Waals surface area (Å²) in [4.78, 5) is 37.7. The van der Waals surface area contributed by atoms with Crippen molar-refractivity contribution in [3.63, 3.8) is 0 Å². The van der Waals surface area contributed by atoms with Crippen LogP contribution in [0.2, 0.25) is 0 Å². The molecular weight excluding hydrogens is 733 g/mol. The van der Waals surface area contributed by atoms with Crippen LogP contribution in [0.3, 0.4) is 0 Å². The Morgan fingerprint density at radius 1 is 0.390 bits per heavy atom. The van der Waals surface area contributed by atoms with E-state index in [4.69, 9.17) is 14.2 Å². The predicted octanol–water partition coefficient (Wildman–Crippen LogP) is 15.2. The first-order valence-electron chi connectivity index (χ1n) is 23.5. The quantitative estimate of drug-likeness (QED) is 0.0201. The van der Waals surface area contributed by atoms with E-state index < -0.39 is 12.1 Å². The lowest BCUT2D eigenvalue weighted by Crippen LogP contribution is -2.30. The molecule has 0 aromatic carbocycles. The zero-order valence-corrected chi connectivity index (χ0v) is 37.7. The van der Waals surface area contributed by atoms with Gasteiger partial charge in [0.1, 0.15) is 13.2 Å². The molecule has 6 heteroatoms. The fraction of sp³-hybridized carbons (Fsp3) is 0.604. The molecule has 0 aliphatic rings. The number of rotatable bonds is 40. The molecule has 0 fully saturated rings. The van der Waals surface area contributed by atoms with Crippen LogP contribution in [0.1, 0.15) is 188 Å². The van der Waals surface area contributed by atoms with Crippen LogP contribution in [-0.2, 0) is 28.6 Å². The van der Waals surface area contributed by atoms with Gasteiger partial charge >= 0.3 is 17.9 Å². The van der Waals surface area contributed by atoms with Gasteiger partial charge in [-0.1, -0.05) is 201 Å². The maximum absolute atomic E-state index is 12.7. The number of unbranched alkanes of at least 4 members (excludes halogenated alkanes) is 16. The average Bonchev–Trinajstić information content (AvgIpc) is 3.23. The van der Waals surface area contributed by atoms with Crippen LogP contribution in [-0.4, -0.2) is 37.2 Å². The summed E-state index contributed by atoms with van der Waals surface area (Å²) >= 11 is 0. The lowest BCUT2D eigenvalue weighted by Gasteiger charge is -2.18. The zero-order chi connectivity index (χ0) is 43.0. The SMILES string of the molecule is CC\C=C/C=C\C=C/C=C\C=C/CCCCCC(=O)OC(COC(=O)C/C=C\C/C=C\C/C=C\CC)COC(=O)CCCCCCCCC/C=C\CCCCCCCC. The first-order chi connectivity index (χ1) is 29.0. The minimum Gasteiger partial charge on any atom is -0.462 e. The molecule has 0 N–H and O–H groups in total. The van der Waals surface area contributed by atoms with E-state index in [2.05, 4.69) is 69.4 Å². The molecule has 0 saturated carbocycles. The third kappa shape index (κ3) is 45.0. The van der Waals surface area contributed by atoms with E-state index in [-0.39, 0.29) is 38.0 Å². The summed E-state index contributed by atoms with van der Waals surface area (Å²) in [7, 11) is 0. The number of carbonyl (C=O) groups is 3. The van der Waals surface area contributed by atoms with Crippen molar-refractivity contribution in [3.8, 4) is 0 Å². The largest absolute Gasteiger partial charge is 0.462 e. The molecule has 0 spiro atoms. The molecule has 6 nitrogen and oxygen atoms in total. The topological polar surface area (TPSA) is 78.9 Å². The van der Waals surface area contributed by atoms with Crippen molar-refractivity contribution in [2.24, 2.45) is 0 Å². The third-order valence-electron chi connectivity index (χ3n) is 9.40. The Labute approximate surface area is 361 Å². The summed E-state index contributed by atoms with van der Waals surface area (Å²) in [6.07, 6.45) is 62.5. The van der Waals surface area contributed by atoms with Crippen molar-refractivity contribution in [2.75, 3.05) is 13.2 Å². The minimum atomic E-state index is -0.837. The molecule has 0 rings (SSSR count). The summed E-state index contributed by atoms with van der Waals surface area (Å²) in [6, 6.07) is 0. The summed E-state index contributed by atoms with van der Waals surface area (Å²) < 4.78 is 16.6. The Bertz CT molecular complexity index is 1260. The van der Waals surface area contributed by atoms with Crippen molar-refractivity contribution in [1.82, 2.24) is 0 Å². The molecule has 0 aromatic rings. The van der Waals surface area contributed by atoms with E-state index in [1.807, 2.05) is 54.7 Å². The minimum absolute atomic E-state index is 0.121. The van der Waals surface area contributed by atoms with Crippen LogP contribution < -0.4 is 0 Å². The van der Waals surface area contributed by atoms with E-state index in [0.29, 0.717) is 12.8 Å². The van der Waals surface area contributed by atoms with E-state index in [0.717, 1.165) is 64.2 Å². The van der Waals surface area contributed by atoms with Gasteiger partial charge in [0.25, 0.3) is 0 Å². The molecule has 0 bridgehead atoms. The molecule has 0 aliphatic heterocycles. The summed E-state index contributed by atoms with van der Waals surface area (Å²) in [5, 5.41) is 0. The highest BCUT2D eigenvalue weighted by molar-refractivity contribution is 5.72. The monoisotopic (exact) mass is 817 g/mol. The third-order valence-corrected chi connectivity index (χ3v) is 9.40. The van der Waals surface area contributed by atoms with Gasteiger partial charge in [0.05, 0.1) is 6.42 Å². The van der Waals surface area contributed by atoms with Crippen LogP contribution in [0.4, 0.5) is 0 Å². The summed E-state index contributed by atoms with van der Waals surface area (Å²) in [6.45, 7) is 6.21. The Balaban J connectivity index is 4.49. The lowest BCUT2D eigenvalue weighted by molar-refractivity contribution is -0.166. The molecule has 1 atom stereocenters. The van der Waals surface area contributed by atoms with Gasteiger partial charge in [-0.2, -0.15) is 0 Å². The van der Waals surface area contributed by atoms with Gasteiger partial charge in [0.2, 0.25) is 0 Å². The molecule has 0 aromatic heterocycles. The van der Waals surface area contributed by atoms with Gasteiger partial charge in [0.15, 0.2) is 6.10 Å². The van der Waals surface area contributed by atoms with Crippen molar-refractivity contribution in [1.29, 1.82) is 0 Å². The van der Waals surface area contributed by atoms with E-state index in [1.165, 1.54) is 77.0 Å². The number of hydrogen-bond acceptors (Lipinski definition) is 6. The average molecular weight is 817 g/mol. The normalized spacial score (nSPS) is 13.1. The lowest BCUT2D eigenvalue weighted by atomic mass is 10.1. The second-order valence-corrected chi connectivity index (χ2v) is 15.0. The van der Waals surface area contributed by atoms with Crippen LogP contribution in [0.15, 0.2) is 109 Å². The van der Waals surface area contributed by atoms with Crippen LogP contribution in [0, 0.1) is 0 Å². The van der Waals surface area contributed by atoms with Crippen LogP contribution in [0.5, 0.6) is 0 Å². The van der Waals surface area contributed by atoms with Gasteiger partial charge < -0.3 is 14.2 Å². The zero-order valence-electron chi connectivity index (χ0n) is 37.7. The number of ether oxygens (including phenoxy) is 3. The van der Waals surface area contributed by atoms with Gasteiger partial charge in [-0.15, -0.1) is 0 Å². The second kappa shape index (κ2) is 46.8. The van der Waals surface area contributed by atoms with Gasteiger partial charge in [-0.25, -0.2) is 0 Å². The Kier molecular flexibility index (Phi) is 43.6. The Hall–Kier alpha value is -3.93. The Morgan fingerprint density at radius 2 is 0.814 bits per heavy atom. The molecule has 0 aliphatic carbocycles. The van der Waals surface area contributed by atoms with Crippen LogP contribution >= 0.6 is 0 Å². The highest BCUT2D eigenvalue weighted by atomic mass is 16.6. The molecule has 1 unspecified atom stereocenters. The number of hydrogen-bond donors (Lipinski definition) is 0. The maximum Gasteiger partial charge on any atom is 0.309 e. The number of esters is 3. The molecular formula is C53H84O6. The van der Waals surface area contributed by atoms with Crippen LogP contribution in [0.25, 0.3) is 0 Å². The summed E-state index contributed by atoms with van der Waals surface area (Å²) in [5.74, 6) is -1.11. The molecule has 0 radical (unpaired) electrons. The highest BCUT2D eigenvalue weighted by Crippen LogP contribution is 2.13. The molecule has 59 heavy (non-hydrogen) atoms. The maximum atomic E-state index is 12.7. The van der Waals surface area contributed by atoms with Crippen molar-refractivity contribution in [3.05, 3.63) is 109 Å². The fourth-order valence-corrected chi connectivity index (χ4v) is 5.93. The molecule has 0 heterocycles. The second-order valence-electron chi connectivity index (χ2n) is 15.0. The smallest absolute Gasteiger partial charge is 0.309 e. The number of allylic oxidation sites excluding steroid dienone is 17. The fourth-order valence-electron chi connectivity index (χ4n) is 5.93. The highest BCUT2D eigenvalue weighted by Gasteiger charge is 2.19.